The van der Waals surface area contributed by atoms with Crippen molar-refractivity contribution in [2.45, 2.75) is 0 Å². The average Bonchev–Trinajstić information content (AvgIpc) is 1.39. The predicted molar refractivity (Wildman–Crippen MR) is 26.0 cm³/mol. The molecule has 6 heteroatoms. The van der Waals surface area contributed by atoms with E-state index in [0.29, 0.717) is 12.9 Å². The molecule has 0 saturated heterocycles. The normalized spacial score (nSPS) is 3.00. The third kappa shape index (κ3) is 6430. The van der Waals surface area contributed by atoms with Gasteiger partial charge in [0, 0.05) is 0 Å². The number of hydrogen-bond acceptors (Lipinski definition) is 2. The Morgan fingerprint density at radius 2 is 1.00 bits per heavy atom. The van der Waals surface area contributed by atoms with Crippen LogP contribution in [0.4, 0.5) is 0 Å². The minimum Gasteiger partial charge on any atom is -0.665 e. The van der Waals surface area contributed by atoms with Gasteiger partial charge < -0.3 is 25.3 Å². The quantitative estimate of drug-likeness (QED) is 0.306. The largest absolute Gasteiger partial charge is 2.00 e. The first-order valence-corrected chi connectivity index (χ1v) is 0.855. The minimum atomic E-state index is 0. The molecule has 0 bridgehead atoms. The number of hydrogen-bond donors (Lipinski definition) is 2. The standard InChI is InChI=1S/2CHO2.Ca.H2O/c2*2-1-3;;/h2*(H,2,3);;1H2/q2*-1;+2;. The van der Waals surface area contributed by atoms with Gasteiger partial charge in [0.15, 0.2) is 0 Å². The van der Waals surface area contributed by atoms with Crippen LogP contribution in [-0.4, -0.2) is 66.4 Å². The Kier molecular flexibility index (Phi) is 176. The topological polar surface area (TPSA) is 106 Å². The molecule has 0 radical (unpaired) electrons. The molecule has 0 spiro atoms. The molecule has 4 N–H and O–H groups in total. The molecule has 0 aliphatic rings. The molecule has 0 atom stereocenters. The van der Waals surface area contributed by atoms with Crippen LogP contribution >= 0.6 is 0 Å². The van der Waals surface area contributed by atoms with Crippen molar-refractivity contribution >= 4 is 50.7 Å². The van der Waals surface area contributed by atoms with Crippen LogP contribution in [0.15, 0.2) is 0 Å². The molecular formula is C2H4CaO5. The predicted octanol–water partition coefficient (Wildman–Crippen LogP) is -1.98. The summed E-state index contributed by atoms with van der Waals surface area (Å²) in [4.78, 5) is 16.5. The first kappa shape index (κ1) is 24.2. The van der Waals surface area contributed by atoms with Crippen molar-refractivity contribution in [2.24, 2.45) is 0 Å². The van der Waals surface area contributed by atoms with Gasteiger partial charge in [-0.1, -0.05) is 12.9 Å². The van der Waals surface area contributed by atoms with Crippen molar-refractivity contribution in [3.63, 3.8) is 0 Å². The van der Waals surface area contributed by atoms with Crippen LogP contribution in [0.25, 0.3) is 0 Å². The molecule has 44 valence electrons. The molecular weight excluding hydrogens is 144 g/mol. The molecule has 0 aliphatic heterocycles. The summed E-state index contributed by atoms with van der Waals surface area (Å²) in [5, 5.41) is 13.5. The van der Waals surface area contributed by atoms with E-state index in [-0.39, 0.29) is 43.2 Å². The molecule has 0 amide bonds. The summed E-state index contributed by atoms with van der Waals surface area (Å²) < 4.78 is 0. The minimum absolute atomic E-state index is 0. The van der Waals surface area contributed by atoms with E-state index in [1.165, 1.54) is 0 Å². The molecule has 5 nitrogen and oxygen atoms in total. The van der Waals surface area contributed by atoms with E-state index >= 15 is 0 Å². The van der Waals surface area contributed by atoms with Crippen molar-refractivity contribution in [1.29, 1.82) is 0 Å². The molecule has 0 aromatic heterocycles. The second-order valence-corrected chi connectivity index (χ2v) is 0.183. The van der Waals surface area contributed by atoms with E-state index in [4.69, 9.17) is 19.8 Å². The van der Waals surface area contributed by atoms with Crippen molar-refractivity contribution in [3.8, 4) is 0 Å². The van der Waals surface area contributed by atoms with E-state index in [9.17, 15) is 0 Å². The van der Waals surface area contributed by atoms with Crippen molar-refractivity contribution in [3.05, 3.63) is 0 Å². The molecule has 0 fully saturated rings. The van der Waals surface area contributed by atoms with Gasteiger partial charge in [-0.15, -0.1) is 0 Å². The third-order valence-electron chi connectivity index (χ3n) is 0. The second kappa shape index (κ2) is 58.2. The summed E-state index contributed by atoms with van der Waals surface area (Å²) in [5.74, 6) is 0. The average molecular weight is 148 g/mol. The smallest absolute Gasteiger partial charge is 0.665 e. The Morgan fingerprint density at radius 1 is 1.00 bits per heavy atom. The molecule has 0 heterocycles. The van der Waals surface area contributed by atoms with Crippen LogP contribution in [-0.2, 0) is 9.59 Å². The SMILES string of the molecule is O.O=[C-]O.O=[C-]O.[Ca+2]. The third-order valence-corrected chi connectivity index (χ3v) is 0. The van der Waals surface area contributed by atoms with Crippen molar-refractivity contribution in [2.75, 3.05) is 0 Å². The Hall–Kier alpha value is 0.160. The maximum atomic E-state index is 8.24. The first-order chi connectivity index (χ1) is 2.83. The van der Waals surface area contributed by atoms with Gasteiger partial charge in [0.1, 0.15) is 0 Å². The van der Waals surface area contributed by atoms with Crippen LogP contribution < -0.4 is 0 Å². The molecule has 0 saturated carbocycles. The summed E-state index contributed by atoms with van der Waals surface area (Å²) in [6, 6.07) is 0. The maximum absolute atomic E-state index is 8.24. The fourth-order valence-corrected chi connectivity index (χ4v) is 0. The summed E-state index contributed by atoms with van der Waals surface area (Å²) in [7, 11) is 0. The zero-order valence-electron chi connectivity index (χ0n) is 3.92. The summed E-state index contributed by atoms with van der Waals surface area (Å²) in [6.45, 7) is 1.00. The van der Waals surface area contributed by atoms with E-state index in [1.807, 2.05) is 0 Å². The van der Waals surface area contributed by atoms with Gasteiger partial charge in [0.2, 0.25) is 0 Å². The van der Waals surface area contributed by atoms with Gasteiger partial charge in [-0.2, -0.15) is 0 Å². The van der Waals surface area contributed by atoms with Crippen LogP contribution in [0.2, 0.25) is 0 Å². The zero-order valence-corrected chi connectivity index (χ0v) is 6.13. The van der Waals surface area contributed by atoms with E-state index < -0.39 is 0 Å². The van der Waals surface area contributed by atoms with Gasteiger partial charge in [-0.25, -0.2) is 0 Å². The zero-order chi connectivity index (χ0) is 5.41. The van der Waals surface area contributed by atoms with Gasteiger partial charge in [0.25, 0.3) is 0 Å². The fraction of sp³-hybridized carbons (Fsp3) is 0. The second-order valence-electron chi connectivity index (χ2n) is 0.183. The molecule has 0 rings (SSSR count). The van der Waals surface area contributed by atoms with Crippen LogP contribution in [0, 0.1) is 0 Å². The van der Waals surface area contributed by atoms with Crippen molar-refractivity contribution in [1.82, 2.24) is 0 Å². The monoisotopic (exact) mass is 148 g/mol. The van der Waals surface area contributed by atoms with Crippen LogP contribution in [0.1, 0.15) is 0 Å². The molecule has 0 unspecified atom stereocenters. The molecule has 8 heavy (non-hydrogen) atoms. The van der Waals surface area contributed by atoms with Crippen LogP contribution in [0.5, 0.6) is 0 Å². The molecule has 0 aromatic rings. The fourth-order valence-electron chi connectivity index (χ4n) is 0. The first-order valence-electron chi connectivity index (χ1n) is 0.855. The molecule has 0 aromatic carbocycles. The van der Waals surface area contributed by atoms with Gasteiger partial charge in [0.05, 0.1) is 0 Å². The number of rotatable bonds is 0. The van der Waals surface area contributed by atoms with Gasteiger partial charge >= 0.3 is 37.7 Å². The van der Waals surface area contributed by atoms with E-state index in [2.05, 4.69) is 0 Å². The Morgan fingerprint density at radius 3 is 1.00 bits per heavy atom. The van der Waals surface area contributed by atoms with Crippen LogP contribution in [0.3, 0.4) is 0 Å². The van der Waals surface area contributed by atoms with E-state index in [0.717, 1.165) is 0 Å². The van der Waals surface area contributed by atoms with Gasteiger partial charge in [-0.05, 0) is 0 Å². The Labute approximate surface area is 75.6 Å². The Bertz CT molecular complexity index is 31.4. The number of aliphatic hydroxyl groups excluding tert-OH is 2. The van der Waals surface area contributed by atoms with Gasteiger partial charge in [-0.3, -0.25) is 0 Å². The maximum Gasteiger partial charge on any atom is 2.00 e. The Balaban J connectivity index is -0.0000000160. The molecule has 0 aliphatic carbocycles. The van der Waals surface area contributed by atoms with E-state index in [1.54, 1.807) is 0 Å². The van der Waals surface area contributed by atoms with Crippen molar-refractivity contribution < 1.29 is 25.3 Å². The summed E-state index contributed by atoms with van der Waals surface area (Å²) >= 11 is 0. The summed E-state index contributed by atoms with van der Waals surface area (Å²) in [5.41, 5.74) is 0. The summed E-state index contributed by atoms with van der Waals surface area (Å²) in [6.07, 6.45) is 0.